The van der Waals surface area contributed by atoms with Gasteiger partial charge in [0.1, 0.15) is 23.9 Å². The number of hydrogen-bond acceptors (Lipinski definition) is 8. The highest BCUT2D eigenvalue weighted by Gasteiger charge is 2.27. The number of aliphatic hydroxyl groups is 1. The van der Waals surface area contributed by atoms with E-state index in [1.807, 2.05) is 53.1 Å². The van der Waals surface area contributed by atoms with Crippen LogP contribution in [0.15, 0.2) is 48.7 Å². The number of aliphatic hydroxyl groups excluding tert-OH is 1. The normalized spacial score (nSPS) is 20.5. The molecule has 3 N–H and O–H groups in total. The number of anilines is 2. The van der Waals surface area contributed by atoms with Crippen LogP contribution in [-0.4, -0.2) is 73.5 Å². The van der Waals surface area contributed by atoms with Gasteiger partial charge >= 0.3 is 6.03 Å². The summed E-state index contributed by atoms with van der Waals surface area (Å²) in [5.74, 6) is 2.88. The lowest BCUT2D eigenvalue weighted by molar-refractivity contribution is 0.140. The Morgan fingerprint density at radius 2 is 1.85 bits per heavy atom. The number of carbonyl (C=O) groups excluding carboxylic acids is 1. The smallest absolute Gasteiger partial charge is 0.320 e. The summed E-state index contributed by atoms with van der Waals surface area (Å²) < 4.78 is 15.8. The number of amides is 2. The van der Waals surface area contributed by atoms with Crippen molar-refractivity contribution in [1.82, 2.24) is 29.7 Å². The Morgan fingerprint density at radius 1 is 1.02 bits per heavy atom. The number of fused-ring (bicyclic) bond motifs is 1. The van der Waals surface area contributed by atoms with Gasteiger partial charge in [0.2, 0.25) is 5.95 Å². The third kappa shape index (κ3) is 7.22. The molecule has 1 saturated heterocycles. The predicted molar refractivity (Wildman–Crippen MR) is 177 cm³/mol. The van der Waals surface area contributed by atoms with Gasteiger partial charge < -0.3 is 24.8 Å². The molecule has 2 fully saturated rings. The van der Waals surface area contributed by atoms with E-state index in [0.29, 0.717) is 17.6 Å². The van der Waals surface area contributed by atoms with Crippen molar-refractivity contribution >= 4 is 23.4 Å². The first-order valence-electron chi connectivity index (χ1n) is 16.5. The van der Waals surface area contributed by atoms with Crippen molar-refractivity contribution in [1.29, 1.82) is 0 Å². The summed E-state index contributed by atoms with van der Waals surface area (Å²) in [6.07, 6.45) is 8.99. The summed E-state index contributed by atoms with van der Waals surface area (Å²) in [6, 6.07) is 13.5. The van der Waals surface area contributed by atoms with E-state index in [9.17, 15) is 4.79 Å². The monoisotopic (exact) mass is 630 g/mol. The van der Waals surface area contributed by atoms with Crippen LogP contribution in [-0.2, 0) is 5.41 Å². The van der Waals surface area contributed by atoms with Gasteiger partial charge in [-0.05, 0) is 76.1 Å². The molecule has 12 nitrogen and oxygen atoms in total. The Balaban J connectivity index is 1.06. The van der Waals surface area contributed by atoms with E-state index in [2.05, 4.69) is 53.4 Å². The van der Waals surface area contributed by atoms with Gasteiger partial charge in [-0.25, -0.2) is 9.48 Å². The molecule has 0 radical (unpaired) electrons. The van der Waals surface area contributed by atoms with E-state index in [0.717, 1.165) is 67.4 Å². The molecule has 4 heterocycles. The molecule has 6 rings (SSSR count). The van der Waals surface area contributed by atoms with Crippen molar-refractivity contribution in [3.63, 3.8) is 0 Å². The van der Waals surface area contributed by atoms with Gasteiger partial charge in [0.15, 0.2) is 5.65 Å². The van der Waals surface area contributed by atoms with Gasteiger partial charge in [0.25, 0.3) is 0 Å². The van der Waals surface area contributed by atoms with E-state index in [-0.39, 0.29) is 36.8 Å². The van der Waals surface area contributed by atoms with Gasteiger partial charge in [0.05, 0.1) is 30.3 Å². The molecule has 0 bridgehead atoms. The molecule has 12 heteroatoms. The van der Waals surface area contributed by atoms with E-state index in [1.54, 1.807) is 4.68 Å². The summed E-state index contributed by atoms with van der Waals surface area (Å²) in [5, 5.41) is 29.0. The highest BCUT2D eigenvalue weighted by atomic mass is 16.5. The average Bonchev–Trinajstić information content (AvgIpc) is 3.66. The lowest BCUT2D eigenvalue weighted by atomic mass is 9.92. The molecule has 1 aliphatic carbocycles. The second kappa shape index (κ2) is 13.6. The Hall–Kier alpha value is -4.32. The predicted octanol–water partition coefficient (Wildman–Crippen LogP) is 5.47. The number of rotatable bonds is 9. The summed E-state index contributed by atoms with van der Waals surface area (Å²) in [6.45, 7) is 9.63. The maximum Gasteiger partial charge on any atom is 0.320 e. The molecule has 46 heavy (non-hydrogen) atoms. The van der Waals surface area contributed by atoms with Gasteiger partial charge in [-0.1, -0.05) is 26.8 Å². The van der Waals surface area contributed by atoms with E-state index < -0.39 is 0 Å². The first kappa shape index (κ1) is 31.7. The number of carbonyl (C=O) groups is 1. The Bertz CT molecular complexity index is 1640. The number of aromatic nitrogens is 5. The van der Waals surface area contributed by atoms with Gasteiger partial charge in [-0.15, -0.1) is 10.2 Å². The lowest BCUT2D eigenvalue weighted by Gasteiger charge is -2.33. The summed E-state index contributed by atoms with van der Waals surface area (Å²) in [7, 11) is 0. The topological polar surface area (TPSA) is 131 Å². The zero-order valence-corrected chi connectivity index (χ0v) is 27.3. The second-order valence-electron chi connectivity index (χ2n) is 13.5. The molecule has 4 aromatic rings. The fraction of sp³-hybridized carbons (Fsp3) is 0.529. The average molecular weight is 631 g/mol. The van der Waals surface area contributed by atoms with Crippen molar-refractivity contribution in [2.45, 2.75) is 96.2 Å². The maximum absolute atomic E-state index is 13.2. The summed E-state index contributed by atoms with van der Waals surface area (Å²) >= 11 is 0. The first-order chi connectivity index (χ1) is 22.2. The van der Waals surface area contributed by atoms with Crippen molar-refractivity contribution in [3.8, 4) is 17.2 Å². The van der Waals surface area contributed by atoms with Crippen LogP contribution in [0, 0.1) is 0 Å². The van der Waals surface area contributed by atoms with Crippen LogP contribution in [0.2, 0.25) is 0 Å². The zero-order chi connectivity index (χ0) is 32.3. The number of urea groups is 1. The number of piperidine rings is 1. The quantitative estimate of drug-likeness (QED) is 0.222. The molecule has 0 unspecified atom stereocenters. The van der Waals surface area contributed by atoms with Crippen LogP contribution in [0.4, 0.5) is 16.6 Å². The molecule has 1 aromatic carbocycles. The molecule has 2 aliphatic rings. The molecular weight excluding hydrogens is 584 g/mol. The molecule has 1 atom stereocenters. The lowest BCUT2D eigenvalue weighted by Crippen LogP contribution is -2.42. The maximum atomic E-state index is 13.2. The van der Waals surface area contributed by atoms with E-state index in [4.69, 9.17) is 19.7 Å². The molecule has 1 saturated carbocycles. The van der Waals surface area contributed by atoms with Gasteiger partial charge in [0, 0.05) is 36.2 Å². The molecule has 1 aliphatic heterocycles. The number of nitrogens with zero attached hydrogens (tertiary/aromatic N) is 6. The number of benzene rings is 1. The fourth-order valence-electron chi connectivity index (χ4n) is 6.28. The summed E-state index contributed by atoms with van der Waals surface area (Å²) in [4.78, 5) is 15.6. The van der Waals surface area contributed by atoms with Crippen LogP contribution < -0.4 is 25.0 Å². The summed E-state index contributed by atoms with van der Waals surface area (Å²) in [5.41, 5.74) is 2.21. The second-order valence-corrected chi connectivity index (χ2v) is 13.5. The number of hydrogen-bond donors (Lipinski definition) is 3. The van der Waals surface area contributed by atoms with Crippen LogP contribution >= 0.6 is 0 Å². The minimum absolute atomic E-state index is 0.0426. The SMILES string of the molecule is C[C@H]1CCCCN1c1nnc2ccc(O[C@H]3CC[C@H](NC(=O)Nc4cc(C(C)(C)C)nn4-c4cccc(OCCO)c4)CC3)cn12. The van der Waals surface area contributed by atoms with Crippen LogP contribution in [0.25, 0.3) is 11.3 Å². The van der Waals surface area contributed by atoms with Crippen LogP contribution in [0.1, 0.15) is 78.3 Å². The molecule has 3 aromatic heterocycles. The van der Waals surface area contributed by atoms with Crippen molar-refractivity contribution in [2.75, 3.05) is 30.0 Å². The van der Waals surface area contributed by atoms with Crippen LogP contribution in [0.3, 0.4) is 0 Å². The van der Waals surface area contributed by atoms with Crippen LogP contribution in [0.5, 0.6) is 11.5 Å². The third-order valence-electron chi connectivity index (χ3n) is 8.87. The number of nitrogens with one attached hydrogen (secondary N) is 2. The minimum Gasteiger partial charge on any atom is -0.491 e. The van der Waals surface area contributed by atoms with Gasteiger partial charge in [-0.3, -0.25) is 9.72 Å². The Kier molecular flexibility index (Phi) is 9.34. The number of pyridine rings is 1. The van der Waals surface area contributed by atoms with Gasteiger partial charge in [-0.2, -0.15) is 5.10 Å². The highest BCUT2D eigenvalue weighted by Crippen LogP contribution is 2.30. The Labute approximate surface area is 270 Å². The largest absolute Gasteiger partial charge is 0.491 e. The number of ether oxygens (including phenoxy) is 2. The molecule has 2 amide bonds. The first-order valence-corrected chi connectivity index (χ1v) is 16.5. The zero-order valence-electron chi connectivity index (χ0n) is 27.3. The van der Waals surface area contributed by atoms with E-state index in [1.165, 1.54) is 12.8 Å². The highest BCUT2D eigenvalue weighted by molar-refractivity contribution is 5.89. The standard InChI is InChI=1S/C34H46N8O4/c1-23-8-5-6-17-40(23)33-38-37-30-16-15-28(22-41(30)33)46-26-13-11-24(12-14-26)35-32(44)36-31-21-29(34(2,3)4)39-42(31)25-9-7-10-27(20-25)45-19-18-43/h7,9-10,15-16,20-24,26,43H,5-6,8,11-14,17-19H2,1-4H3,(H2,35,36,44)/t23-,24-,26-/m0/s1. The van der Waals surface area contributed by atoms with E-state index >= 15 is 0 Å². The third-order valence-corrected chi connectivity index (χ3v) is 8.87. The fourth-order valence-corrected chi connectivity index (χ4v) is 6.28. The molecule has 246 valence electrons. The Morgan fingerprint density at radius 3 is 2.61 bits per heavy atom. The van der Waals surface area contributed by atoms with Crippen molar-refractivity contribution in [3.05, 3.63) is 54.4 Å². The minimum atomic E-state index is -0.267. The van der Waals surface area contributed by atoms with Crippen molar-refractivity contribution in [2.24, 2.45) is 0 Å². The van der Waals surface area contributed by atoms with Crippen molar-refractivity contribution < 1.29 is 19.4 Å². The molecular formula is C34H46N8O4. The molecule has 0 spiro atoms.